The second kappa shape index (κ2) is 4.42. The minimum absolute atomic E-state index is 0.408. The number of piperidine rings is 1. The van der Waals surface area contributed by atoms with E-state index in [2.05, 4.69) is 11.1 Å². The summed E-state index contributed by atoms with van der Waals surface area (Å²) in [5.41, 5.74) is 0.370. The highest BCUT2D eigenvalue weighted by atomic mass is 16.4. The molecular formula is C12H13N3O2. The number of rotatable bonds is 1. The van der Waals surface area contributed by atoms with Gasteiger partial charge in [-0.1, -0.05) is 0 Å². The Labute approximate surface area is 99.3 Å². The van der Waals surface area contributed by atoms with Gasteiger partial charge in [-0.2, -0.15) is 5.26 Å². The zero-order valence-electron chi connectivity index (χ0n) is 9.33. The zero-order chi connectivity index (χ0) is 12.3. The van der Waals surface area contributed by atoms with Crippen LogP contribution in [0.5, 0.6) is 0 Å². The van der Waals surface area contributed by atoms with Crippen LogP contribution in [0.25, 0.3) is 0 Å². The van der Waals surface area contributed by atoms with E-state index in [4.69, 9.17) is 5.11 Å². The third-order valence-corrected chi connectivity index (χ3v) is 3.33. The van der Waals surface area contributed by atoms with Crippen LogP contribution in [0.3, 0.4) is 0 Å². The average Bonchev–Trinajstić information content (AvgIpc) is 2.40. The maximum Gasteiger partial charge on any atom is 0.407 e. The van der Waals surface area contributed by atoms with Crippen molar-refractivity contribution in [3.05, 3.63) is 30.1 Å². The first-order chi connectivity index (χ1) is 8.18. The van der Waals surface area contributed by atoms with Crippen LogP contribution in [-0.4, -0.2) is 34.2 Å². The first-order valence-electron chi connectivity index (χ1n) is 5.47. The second-order valence-electron chi connectivity index (χ2n) is 4.20. The molecule has 0 radical (unpaired) electrons. The van der Waals surface area contributed by atoms with E-state index in [0.29, 0.717) is 25.9 Å². The monoisotopic (exact) mass is 231 g/mol. The van der Waals surface area contributed by atoms with Crippen molar-refractivity contribution >= 4 is 6.09 Å². The highest BCUT2D eigenvalue weighted by molar-refractivity contribution is 5.65. The third kappa shape index (κ3) is 2.07. The van der Waals surface area contributed by atoms with Gasteiger partial charge in [-0.05, 0) is 30.5 Å². The van der Waals surface area contributed by atoms with Gasteiger partial charge in [0.1, 0.15) is 0 Å². The molecule has 88 valence electrons. The fraction of sp³-hybridized carbons (Fsp3) is 0.417. The van der Waals surface area contributed by atoms with Crippen molar-refractivity contribution in [3.63, 3.8) is 0 Å². The lowest BCUT2D eigenvalue weighted by atomic mass is 9.74. The van der Waals surface area contributed by atoms with Crippen LogP contribution in [0.2, 0.25) is 0 Å². The lowest BCUT2D eigenvalue weighted by Crippen LogP contribution is -2.44. The van der Waals surface area contributed by atoms with Crippen molar-refractivity contribution in [2.24, 2.45) is 0 Å². The molecule has 0 saturated carbocycles. The number of pyridine rings is 1. The van der Waals surface area contributed by atoms with Gasteiger partial charge >= 0.3 is 6.09 Å². The maximum absolute atomic E-state index is 10.8. The van der Waals surface area contributed by atoms with E-state index in [-0.39, 0.29) is 0 Å². The number of nitriles is 1. The normalized spacial score (nSPS) is 18.4. The molecule has 5 heteroatoms. The molecule has 1 aromatic rings. The van der Waals surface area contributed by atoms with E-state index in [9.17, 15) is 10.1 Å². The molecule has 1 N–H and O–H groups in total. The van der Waals surface area contributed by atoms with E-state index >= 15 is 0 Å². The molecular weight excluding hydrogens is 218 g/mol. The van der Waals surface area contributed by atoms with Crippen LogP contribution >= 0.6 is 0 Å². The Kier molecular flexibility index (Phi) is 2.96. The number of nitrogens with zero attached hydrogens (tertiary/aromatic N) is 3. The van der Waals surface area contributed by atoms with Crippen LogP contribution in [0.4, 0.5) is 4.79 Å². The first-order valence-corrected chi connectivity index (χ1v) is 5.47. The summed E-state index contributed by atoms with van der Waals surface area (Å²) in [5.74, 6) is 0. The summed E-state index contributed by atoms with van der Waals surface area (Å²) < 4.78 is 0. The van der Waals surface area contributed by atoms with Gasteiger partial charge in [0, 0.05) is 25.5 Å². The van der Waals surface area contributed by atoms with Gasteiger partial charge < -0.3 is 10.0 Å². The number of carbonyl (C=O) groups is 1. The van der Waals surface area contributed by atoms with E-state index in [0.717, 1.165) is 5.56 Å². The van der Waals surface area contributed by atoms with Crippen LogP contribution < -0.4 is 0 Å². The summed E-state index contributed by atoms with van der Waals surface area (Å²) in [4.78, 5) is 16.1. The number of carboxylic acid groups (broad SMARTS) is 1. The zero-order valence-corrected chi connectivity index (χ0v) is 9.33. The third-order valence-electron chi connectivity index (χ3n) is 3.33. The molecule has 0 spiro atoms. The van der Waals surface area contributed by atoms with Crippen molar-refractivity contribution in [2.45, 2.75) is 18.3 Å². The van der Waals surface area contributed by atoms with Gasteiger partial charge in [0.2, 0.25) is 0 Å². The smallest absolute Gasteiger partial charge is 0.407 e. The van der Waals surface area contributed by atoms with E-state index in [1.54, 1.807) is 12.4 Å². The minimum Gasteiger partial charge on any atom is -0.465 e. The van der Waals surface area contributed by atoms with Crippen molar-refractivity contribution in [1.82, 2.24) is 9.88 Å². The van der Waals surface area contributed by atoms with Crippen molar-refractivity contribution < 1.29 is 9.90 Å². The number of hydrogen-bond acceptors (Lipinski definition) is 3. The summed E-state index contributed by atoms with van der Waals surface area (Å²) in [7, 11) is 0. The summed E-state index contributed by atoms with van der Waals surface area (Å²) in [6.45, 7) is 0.816. The standard InChI is InChI=1S/C12H13N3O2/c13-9-12(10-1-5-14-6-2-10)3-7-15(8-4-12)11(16)17/h1-2,5-6H,3-4,7-8H2,(H,16,17). The van der Waals surface area contributed by atoms with Crippen LogP contribution in [0.15, 0.2) is 24.5 Å². The highest BCUT2D eigenvalue weighted by Crippen LogP contribution is 2.34. The van der Waals surface area contributed by atoms with Crippen LogP contribution in [-0.2, 0) is 5.41 Å². The Balaban J connectivity index is 2.20. The number of hydrogen-bond donors (Lipinski definition) is 1. The maximum atomic E-state index is 10.8. The van der Waals surface area contributed by atoms with E-state index in [1.165, 1.54) is 4.90 Å². The lowest BCUT2D eigenvalue weighted by molar-refractivity contribution is 0.125. The molecule has 0 bridgehead atoms. The van der Waals surface area contributed by atoms with Gasteiger partial charge in [0.05, 0.1) is 11.5 Å². The molecule has 0 unspecified atom stereocenters. The van der Waals surface area contributed by atoms with Crippen LogP contribution in [0, 0.1) is 11.3 Å². The largest absolute Gasteiger partial charge is 0.465 e. The molecule has 0 aliphatic carbocycles. The molecule has 1 amide bonds. The van der Waals surface area contributed by atoms with Crippen molar-refractivity contribution in [2.75, 3.05) is 13.1 Å². The van der Waals surface area contributed by atoms with Gasteiger partial charge in [0.15, 0.2) is 0 Å². The Hall–Kier alpha value is -2.09. The fourth-order valence-electron chi connectivity index (χ4n) is 2.22. The average molecular weight is 231 g/mol. The molecule has 2 heterocycles. The molecule has 2 rings (SSSR count). The molecule has 1 fully saturated rings. The quantitative estimate of drug-likeness (QED) is 0.796. The molecule has 1 saturated heterocycles. The highest BCUT2D eigenvalue weighted by Gasteiger charge is 2.37. The Morgan fingerprint density at radius 3 is 2.47 bits per heavy atom. The summed E-state index contributed by atoms with van der Waals surface area (Å²) in [5, 5.41) is 18.3. The van der Waals surface area contributed by atoms with Gasteiger partial charge in [-0.25, -0.2) is 4.79 Å². The number of amides is 1. The topological polar surface area (TPSA) is 77.2 Å². The first kappa shape index (κ1) is 11.4. The fourth-order valence-corrected chi connectivity index (χ4v) is 2.22. The summed E-state index contributed by atoms with van der Waals surface area (Å²) in [6.07, 6.45) is 3.50. The van der Waals surface area contributed by atoms with Gasteiger partial charge in [0.25, 0.3) is 0 Å². The predicted molar refractivity (Wildman–Crippen MR) is 60.4 cm³/mol. The summed E-state index contributed by atoms with van der Waals surface area (Å²) in [6, 6.07) is 6.01. The molecule has 17 heavy (non-hydrogen) atoms. The molecule has 5 nitrogen and oxygen atoms in total. The van der Waals surface area contributed by atoms with Crippen molar-refractivity contribution in [3.8, 4) is 6.07 Å². The molecule has 1 aliphatic heterocycles. The Bertz CT molecular complexity index is 445. The Morgan fingerprint density at radius 2 is 2.00 bits per heavy atom. The van der Waals surface area contributed by atoms with E-state index < -0.39 is 11.5 Å². The summed E-state index contributed by atoms with van der Waals surface area (Å²) >= 11 is 0. The predicted octanol–water partition coefficient (Wildman–Crippen LogP) is 1.62. The number of aromatic nitrogens is 1. The second-order valence-corrected chi connectivity index (χ2v) is 4.20. The molecule has 1 aliphatic rings. The molecule has 0 aromatic carbocycles. The SMILES string of the molecule is N#CC1(c2ccncc2)CCN(C(=O)O)CC1. The van der Waals surface area contributed by atoms with Crippen molar-refractivity contribution in [1.29, 1.82) is 5.26 Å². The Morgan fingerprint density at radius 1 is 1.41 bits per heavy atom. The lowest BCUT2D eigenvalue weighted by Gasteiger charge is -2.36. The molecule has 1 aromatic heterocycles. The minimum atomic E-state index is -0.911. The van der Waals surface area contributed by atoms with Crippen LogP contribution in [0.1, 0.15) is 18.4 Å². The number of likely N-dealkylation sites (tertiary alicyclic amines) is 1. The molecule has 0 atom stereocenters. The van der Waals surface area contributed by atoms with E-state index in [1.807, 2.05) is 12.1 Å². The van der Waals surface area contributed by atoms with Gasteiger partial charge in [-0.3, -0.25) is 4.98 Å². The van der Waals surface area contributed by atoms with Gasteiger partial charge in [-0.15, -0.1) is 0 Å².